The van der Waals surface area contributed by atoms with E-state index < -0.39 is 28.5 Å². The van der Waals surface area contributed by atoms with Gasteiger partial charge in [0.05, 0.1) is 17.2 Å². The molecule has 0 aliphatic heterocycles. The Morgan fingerprint density at radius 3 is 2.15 bits per heavy atom. The van der Waals surface area contributed by atoms with Gasteiger partial charge in [-0.15, -0.1) is 0 Å². The largest absolute Gasteiger partial charge is 0.494 e. The number of carbonyl (C=O) groups excluding carboxylic acids is 2. The Labute approximate surface area is 241 Å². The monoisotopic (exact) mass is 585 g/mol. The number of nitrogens with zero attached hydrogens (tertiary/aromatic N) is 2. The highest BCUT2D eigenvalue weighted by molar-refractivity contribution is 7.92. The van der Waals surface area contributed by atoms with Crippen molar-refractivity contribution < 1.29 is 22.7 Å². The van der Waals surface area contributed by atoms with Crippen LogP contribution in [0.15, 0.2) is 83.8 Å². The molecule has 0 radical (unpaired) electrons. The van der Waals surface area contributed by atoms with Crippen LogP contribution in [-0.4, -0.2) is 50.4 Å². The normalized spacial score (nSPS) is 12.7. The molecule has 214 valence electrons. The van der Waals surface area contributed by atoms with Crippen molar-refractivity contribution in [2.75, 3.05) is 17.5 Å². The fourth-order valence-electron chi connectivity index (χ4n) is 3.98. The van der Waals surface area contributed by atoms with Crippen molar-refractivity contribution in [3.05, 3.63) is 89.4 Å². The maximum Gasteiger partial charge on any atom is 0.264 e. The minimum atomic E-state index is -4.16. The lowest BCUT2D eigenvalue weighted by Gasteiger charge is -2.32. The first-order chi connectivity index (χ1) is 19.1. The predicted octanol–water partition coefficient (Wildman–Crippen LogP) is 5.27. The van der Waals surface area contributed by atoms with Gasteiger partial charge < -0.3 is 15.0 Å². The first-order valence-corrected chi connectivity index (χ1v) is 15.0. The van der Waals surface area contributed by atoms with E-state index in [4.69, 9.17) is 16.3 Å². The molecule has 10 heteroatoms. The summed E-state index contributed by atoms with van der Waals surface area (Å²) in [7, 11) is -4.16. The number of halogens is 1. The Bertz CT molecular complexity index is 1380. The van der Waals surface area contributed by atoms with E-state index in [-0.39, 0.29) is 23.4 Å². The van der Waals surface area contributed by atoms with E-state index in [0.29, 0.717) is 28.6 Å². The zero-order chi connectivity index (χ0) is 29.3. The van der Waals surface area contributed by atoms with Crippen LogP contribution in [0.1, 0.15) is 39.7 Å². The zero-order valence-electron chi connectivity index (χ0n) is 23.2. The third kappa shape index (κ3) is 7.76. The number of anilines is 1. The number of nitrogens with one attached hydrogen (secondary N) is 1. The van der Waals surface area contributed by atoms with Gasteiger partial charge in [-0.25, -0.2) is 8.42 Å². The van der Waals surface area contributed by atoms with Crippen LogP contribution >= 0.6 is 11.6 Å². The topological polar surface area (TPSA) is 96.0 Å². The van der Waals surface area contributed by atoms with E-state index in [2.05, 4.69) is 5.32 Å². The molecule has 8 nitrogen and oxygen atoms in total. The molecule has 0 spiro atoms. The van der Waals surface area contributed by atoms with Gasteiger partial charge in [0.2, 0.25) is 11.8 Å². The lowest BCUT2D eigenvalue weighted by atomic mass is 10.1. The van der Waals surface area contributed by atoms with Gasteiger partial charge in [-0.3, -0.25) is 13.9 Å². The fourth-order valence-corrected chi connectivity index (χ4v) is 5.59. The summed E-state index contributed by atoms with van der Waals surface area (Å²) in [4.78, 5) is 28.4. The molecule has 0 fully saturated rings. The van der Waals surface area contributed by atoms with Gasteiger partial charge >= 0.3 is 0 Å². The fraction of sp³-hybridized carbons (Fsp3) is 0.333. The van der Waals surface area contributed by atoms with Gasteiger partial charge in [-0.2, -0.15) is 0 Å². The molecule has 0 saturated heterocycles. The smallest absolute Gasteiger partial charge is 0.264 e. The average Bonchev–Trinajstić information content (AvgIpc) is 2.95. The highest BCUT2D eigenvalue weighted by Gasteiger charge is 2.33. The molecule has 2 atom stereocenters. The highest BCUT2D eigenvalue weighted by atomic mass is 35.5. The summed E-state index contributed by atoms with van der Waals surface area (Å²) in [6.07, 6.45) is 0.721. The Morgan fingerprint density at radius 1 is 0.925 bits per heavy atom. The van der Waals surface area contributed by atoms with Crippen molar-refractivity contribution in [3.8, 4) is 5.75 Å². The van der Waals surface area contributed by atoms with Gasteiger partial charge in [-0.05, 0) is 75.2 Å². The molecule has 2 amide bonds. The number of sulfonamides is 1. The second kappa shape index (κ2) is 14.2. The minimum absolute atomic E-state index is 0.00724. The Balaban J connectivity index is 2.00. The van der Waals surface area contributed by atoms with E-state index in [1.54, 1.807) is 73.7 Å². The molecule has 0 heterocycles. The van der Waals surface area contributed by atoms with Gasteiger partial charge in [0.25, 0.3) is 10.0 Å². The molecule has 2 unspecified atom stereocenters. The standard InChI is InChI=1S/C30H36ClN3O5S/c1-5-22(3)32-30(36)23(4)33(20-24-12-10-11-15-28(24)31)29(35)21-34(25-13-8-7-9-14-25)40(37,38)27-18-16-26(17-19-27)39-6-2/h7-19,22-23H,5-6,20-21H2,1-4H3,(H,32,36). The van der Waals surface area contributed by atoms with Gasteiger partial charge in [0.15, 0.2) is 0 Å². The number of carbonyl (C=O) groups is 2. The molecular formula is C30H36ClN3O5S. The molecule has 0 bridgehead atoms. The summed E-state index contributed by atoms with van der Waals surface area (Å²) in [5.74, 6) is -0.351. The van der Waals surface area contributed by atoms with Crippen molar-refractivity contribution in [2.45, 2.75) is 57.6 Å². The van der Waals surface area contributed by atoms with E-state index in [0.717, 1.165) is 10.7 Å². The zero-order valence-corrected chi connectivity index (χ0v) is 24.8. The van der Waals surface area contributed by atoms with Gasteiger partial charge in [-0.1, -0.05) is 54.9 Å². The lowest BCUT2D eigenvalue weighted by molar-refractivity contribution is -0.139. The number of hydrogen-bond acceptors (Lipinski definition) is 5. The van der Waals surface area contributed by atoms with Crippen molar-refractivity contribution in [2.24, 2.45) is 0 Å². The number of hydrogen-bond donors (Lipinski definition) is 1. The number of benzene rings is 3. The molecule has 0 saturated carbocycles. The summed E-state index contributed by atoms with van der Waals surface area (Å²) < 4.78 is 34.3. The first kappa shape index (κ1) is 31.0. The van der Waals surface area contributed by atoms with Crippen LogP contribution < -0.4 is 14.4 Å². The Morgan fingerprint density at radius 2 is 1.55 bits per heavy atom. The molecular weight excluding hydrogens is 550 g/mol. The minimum Gasteiger partial charge on any atom is -0.494 e. The molecule has 0 aromatic heterocycles. The summed E-state index contributed by atoms with van der Waals surface area (Å²) in [5, 5.41) is 3.35. The van der Waals surface area contributed by atoms with Crippen LogP contribution in [0.5, 0.6) is 5.75 Å². The Kier molecular flexibility index (Phi) is 11.0. The lowest BCUT2D eigenvalue weighted by Crippen LogP contribution is -2.52. The third-order valence-electron chi connectivity index (χ3n) is 6.51. The molecule has 3 rings (SSSR count). The van der Waals surface area contributed by atoms with Crippen LogP contribution in [0.25, 0.3) is 0 Å². The van der Waals surface area contributed by atoms with Crippen molar-refractivity contribution >= 4 is 39.1 Å². The Hall–Kier alpha value is -3.56. The number of para-hydroxylation sites is 1. The maximum atomic E-state index is 13.9. The second-order valence-corrected chi connectivity index (χ2v) is 11.6. The molecule has 0 aliphatic rings. The quantitative estimate of drug-likeness (QED) is 0.295. The second-order valence-electron chi connectivity index (χ2n) is 9.36. The molecule has 0 aliphatic carbocycles. The van der Waals surface area contributed by atoms with Crippen LogP contribution in [0.3, 0.4) is 0 Å². The van der Waals surface area contributed by atoms with Crippen LogP contribution in [0.2, 0.25) is 5.02 Å². The van der Waals surface area contributed by atoms with Crippen molar-refractivity contribution in [1.82, 2.24) is 10.2 Å². The summed E-state index contributed by atoms with van der Waals surface area (Å²) in [5.41, 5.74) is 0.959. The molecule has 40 heavy (non-hydrogen) atoms. The molecule has 3 aromatic rings. The van der Waals surface area contributed by atoms with E-state index in [9.17, 15) is 18.0 Å². The van der Waals surface area contributed by atoms with Crippen LogP contribution in [0.4, 0.5) is 5.69 Å². The van der Waals surface area contributed by atoms with Gasteiger partial charge in [0, 0.05) is 17.6 Å². The summed E-state index contributed by atoms with van der Waals surface area (Å²) >= 11 is 6.40. The van der Waals surface area contributed by atoms with Gasteiger partial charge in [0.1, 0.15) is 18.3 Å². The van der Waals surface area contributed by atoms with Crippen LogP contribution in [-0.2, 0) is 26.2 Å². The predicted molar refractivity (Wildman–Crippen MR) is 158 cm³/mol. The molecule has 3 aromatic carbocycles. The number of amides is 2. The van der Waals surface area contributed by atoms with E-state index in [1.807, 2.05) is 20.8 Å². The van der Waals surface area contributed by atoms with E-state index in [1.165, 1.54) is 17.0 Å². The first-order valence-electron chi connectivity index (χ1n) is 13.2. The third-order valence-corrected chi connectivity index (χ3v) is 8.67. The number of ether oxygens (including phenoxy) is 1. The SMILES string of the molecule is CCOc1ccc(S(=O)(=O)N(CC(=O)N(Cc2ccccc2Cl)C(C)C(=O)NC(C)CC)c2ccccc2)cc1. The highest BCUT2D eigenvalue weighted by Crippen LogP contribution is 2.26. The molecule has 1 N–H and O–H groups in total. The summed E-state index contributed by atoms with van der Waals surface area (Å²) in [6.45, 7) is 7.24. The van der Waals surface area contributed by atoms with Crippen molar-refractivity contribution in [3.63, 3.8) is 0 Å². The van der Waals surface area contributed by atoms with E-state index >= 15 is 0 Å². The summed E-state index contributed by atoms with van der Waals surface area (Å²) in [6, 6.07) is 20.5. The van der Waals surface area contributed by atoms with Crippen molar-refractivity contribution in [1.29, 1.82) is 0 Å². The van der Waals surface area contributed by atoms with Crippen LogP contribution in [0, 0.1) is 0 Å². The number of rotatable bonds is 13. The average molecular weight is 586 g/mol. The maximum absolute atomic E-state index is 13.9.